The fraction of sp³-hybridized carbons (Fsp3) is 0.417. The molecule has 1 aliphatic rings. The van der Waals surface area contributed by atoms with Crippen molar-refractivity contribution in [3.8, 4) is 0 Å². The second kappa shape index (κ2) is 4.71. The van der Waals surface area contributed by atoms with Gasteiger partial charge in [-0.25, -0.2) is 9.18 Å². The Labute approximate surface area is 99.3 Å². The van der Waals surface area contributed by atoms with Gasteiger partial charge in [-0.2, -0.15) is 0 Å². The number of likely N-dealkylation sites (N-methyl/N-ethyl adjacent to an activating group) is 1. The lowest BCUT2D eigenvalue weighted by Gasteiger charge is -2.17. The lowest BCUT2D eigenvalue weighted by molar-refractivity contribution is 0.182. The number of benzene rings is 1. The Hall–Kier alpha value is -1.62. The van der Waals surface area contributed by atoms with E-state index >= 15 is 0 Å². The average Bonchev–Trinajstić information content (AvgIpc) is 2.59. The molecule has 1 aromatic rings. The number of aliphatic hydroxyl groups excluding tert-OH is 1. The molecule has 0 bridgehead atoms. The van der Waals surface area contributed by atoms with Crippen molar-refractivity contribution in [3.63, 3.8) is 0 Å². The molecule has 1 heterocycles. The molecule has 1 fully saturated rings. The summed E-state index contributed by atoms with van der Waals surface area (Å²) in [6.45, 7) is 0.818. The van der Waals surface area contributed by atoms with Gasteiger partial charge in [-0.1, -0.05) is 12.1 Å². The van der Waals surface area contributed by atoms with Gasteiger partial charge in [0.05, 0.1) is 12.6 Å². The molecule has 1 aromatic carbocycles. The number of rotatable bonds is 3. The number of carbonyl (C=O) groups excluding carboxylic acids is 1. The topological polar surface area (TPSA) is 43.8 Å². The van der Waals surface area contributed by atoms with Crippen LogP contribution in [0.1, 0.15) is 11.6 Å². The second-order valence-corrected chi connectivity index (χ2v) is 4.13. The fourth-order valence-electron chi connectivity index (χ4n) is 2.09. The van der Waals surface area contributed by atoms with E-state index in [0.29, 0.717) is 13.1 Å². The van der Waals surface area contributed by atoms with Crippen molar-refractivity contribution in [2.45, 2.75) is 6.04 Å². The maximum atomic E-state index is 12.8. The zero-order chi connectivity index (χ0) is 12.4. The van der Waals surface area contributed by atoms with Crippen LogP contribution in [-0.2, 0) is 0 Å². The van der Waals surface area contributed by atoms with Crippen LogP contribution in [0, 0.1) is 5.82 Å². The normalized spacial score (nSPS) is 20.2. The summed E-state index contributed by atoms with van der Waals surface area (Å²) in [7, 11) is 1.72. The predicted octanol–water partition coefficient (Wildman–Crippen LogP) is 1.23. The van der Waals surface area contributed by atoms with E-state index in [0.717, 1.165) is 5.56 Å². The van der Waals surface area contributed by atoms with Gasteiger partial charge in [-0.05, 0) is 17.7 Å². The third kappa shape index (κ3) is 2.24. The molecule has 1 N–H and O–H groups in total. The summed E-state index contributed by atoms with van der Waals surface area (Å²) < 4.78 is 12.8. The molecule has 2 amide bonds. The van der Waals surface area contributed by atoms with E-state index in [-0.39, 0.29) is 24.5 Å². The Balaban J connectivity index is 2.17. The van der Waals surface area contributed by atoms with Crippen LogP contribution in [0.2, 0.25) is 0 Å². The van der Waals surface area contributed by atoms with E-state index in [1.807, 2.05) is 0 Å². The second-order valence-electron chi connectivity index (χ2n) is 4.13. The fourth-order valence-corrected chi connectivity index (χ4v) is 2.09. The molecule has 5 heteroatoms. The number of urea groups is 1. The molecule has 4 nitrogen and oxygen atoms in total. The van der Waals surface area contributed by atoms with E-state index in [1.165, 1.54) is 12.1 Å². The number of amides is 2. The summed E-state index contributed by atoms with van der Waals surface area (Å²) in [4.78, 5) is 15.0. The van der Waals surface area contributed by atoms with Crippen LogP contribution in [-0.4, -0.2) is 47.7 Å². The number of hydrogen-bond donors (Lipinski definition) is 1. The molecule has 1 atom stereocenters. The Morgan fingerprint density at radius 2 is 2.06 bits per heavy atom. The van der Waals surface area contributed by atoms with Crippen LogP contribution in [0.25, 0.3) is 0 Å². The molecule has 1 saturated heterocycles. The monoisotopic (exact) mass is 238 g/mol. The van der Waals surface area contributed by atoms with Crippen LogP contribution in [0.4, 0.5) is 9.18 Å². The van der Waals surface area contributed by atoms with Gasteiger partial charge in [0.2, 0.25) is 0 Å². The minimum Gasteiger partial charge on any atom is -0.395 e. The average molecular weight is 238 g/mol. The molecule has 1 aliphatic heterocycles. The minimum absolute atomic E-state index is 0.0459. The Bertz CT molecular complexity index is 407. The molecular formula is C12H15FN2O2. The quantitative estimate of drug-likeness (QED) is 0.860. The Morgan fingerprint density at radius 1 is 1.41 bits per heavy atom. The van der Waals surface area contributed by atoms with Gasteiger partial charge in [0.1, 0.15) is 5.82 Å². The van der Waals surface area contributed by atoms with Crippen LogP contribution in [0.15, 0.2) is 24.3 Å². The number of aliphatic hydroxyl groups is 1. The molecule has 17 heavy (non-hydrogen) atoms. The lowest BCUT2D eigenvalue weighted by atomic mass is 10.1. The molecule has 0 saturated carbocycles. The highest BCUT2D eigenvalue weighted by atomic mass is 19.1. The van der Waals surface area contributed by atoms with Crippen LogP contribution >= 0.6 is 0 Å². The standard InChI is InChI=1S/C12H15FN2O2/c1-14-11(8-15(6-7-16)12(14)17)9-2-4-10(13)5-3-9/h2-5,11,16H,6-8H2,1H3. The first-order chi connectivity index (χ1) is 8.13. The van der Waals surface area contributed by atoms with E-state index in [9.17, 15) is 9.18 Å². The number of halogens is 1. The first-order valence-corrected chi connectivity index (χ1v) is 5.51. The van der Waals surface area contributed by atoms with Crippen molar-refractivity contribution >= 4 is 6.03 Å². The first kappa shape index (κ1) is 11.9. The molecule has 1 unspecified atom stereocenters. The van der Waals surface area contributed by atoms with Crippen LogP contribution in [0.3, 0.4) is 0 Å². The Morgan fingerprint density at radius 3 is 2.65 bits per heavy atom. The zero-order valence-corrected chi connectivity index (χ0v) is 9.64. The summed E-state index contributed by atoms with van der Waals surface area (Å²) in [5.41, 5.74) is 0.905. The number of carbonyl (C=O) groups is 1. The molecular weight excluding hydrogens is 223 g/mol. The SMILES string of the molecule is CN1C(=O)N(CCO)CC1c1ccc(F)cc1. The summed E-state index contributed by atoms with van der Waals surface area (Å²) >= 11 is 0. The largest absolute Gasteiger partial charge is 0.395 e. The number of β-amino-alcohol motifs (C(OH)–C–C–N with tert-alkyl or cyclic N) is 1. The molecule has 0 radical (unpaired) electrons. The van der Waals surface area contributed by atoms with Crippen molar-refractivity contribution in [1.29, 1.82) is 0 Å². The molecule has 0 spiro atoms. The maximum Gasteiger partial charge on any atom is 0.320 e. The first-order valence-electron chi connectivity index (χ1n) is 5.51. The highest BCUT2D eigenvalue weighted by Crippen LogP contribution is 2.27. The van der Waals surface area contributed by atoms with Gasteiger partial charge >= 0.3 is 6.03 Å². The molecule has 0 aliphatic carbocycles. The van der Waals surface area contributed by atoms with Crippen molar-refractivity contribution < 1.29 is 14.3 Å². The minimum atomic E-state index is -0.284. The number of hydrogen-bond acceptors (Lipinski definition) is 2. The van der Waals surface area contributed by atoms with Gasteiger partial charge in [-0.15, -0.1) is 0 Å². The highest BCUT2D eigenvalue weighted by molar-refractivity contribution is 5.77. The van der Waals surface area contributed by atoms with E-state index in [4.69, 9.17) is 5.11 Å². The molecule has 0 aromatic heterocycles. The van der Waals surface area contributed by atoms with Crippen molar-refractivity contribution in [1.82, 2.24) is 9.80 Å². The van der Waals surface area contributed by atoms with Crippen LogP contribution in [0.5, 0.6) is 0 Å². The van der Waals surface area contributed by atoms with Gasteiger partial charge in [0.15, 0.2) is 0 Å². The van der Waals surface area contributed by atoms with Crippen molar-refractivity contribution in [2.75, 3.05) is 26.7 Å². The maximum absolute atomic E-state index is 12.8. The third-order valence-electron chi connectivity index (χ3n) is 3.06. The van der Waals surface area contributed by atoms with E-state index < -0.39 is 0 Å². The van der Waals surface area contributed by atoms with Gasteiger partial charge in [0.25, 0.3) is 0 Å². The van der Waals surface area contributed by atoms with Gasteiger partial charge < -0.3 is 14.9 Å². The van der Waals surface area contributed by atoms with Crippen LogP contribution < -0.4 is 0 Å². The smallest absolute Gasteiger partial charge is 0.320 e. The number of nitrogens with zero attached hydrogens (tertiary/aromatic N) is 2. The molecule has 92 valence electrons. The molecule has 2 rings (SSSR count). The van der Waals surface area contributed by atoms with Gasteiger partial charge in [0, 0.05) is 20.1 Å². The predicted molar refractivity (Wildman–Crippen MR) is 61.0 cm³/mol. The Kier molecular flexibility index (Phi) is 3.28. The van der Waals surface area contributed by atoms with Crippen molar-refractivity contribution in [2.24, 2.45) is 0 Å². The summed E-state index contributed by atoms with van der Waals surface area (Å²) in [5, 5.41) is 8.86. The zero-order valence-electron chi connectivity index (χ0n) is 9.64. The summed E-state index contributed by atoms with van der Waals surface area (Å²) in [6.07, 6.45) is 0. The van der Waals surface area contributed by atoms with Gasteiger partial charge in [-0.3, -0.25) is 0 Å². The van der Waals surface area contributed by atoms with E-state index in [1.54, 1.807) is 29.0 Å². The van der Waals surface area contributed by atoms with Crippen molar-refractivity contribution in [3.05, 3.63) is 35.6 Å². The summed E-state index contributed by atoms with van der Waals surface area (Å²) in [5.74, 6) is -0.284. The third-order valence-corrected chi connectivity index (χ3v) is 3.06. The lowest BCUT2D eigenvalue weighted by Crippen LogP contribution is -2.31. The highest BCUT2D eigenvalue weighted by Gasteiger charge is 2.34. The summed E-state index contributed by atoms with van der Waals surface area (Å²) in [6, 6.07) is 5.98. The van der Waals surface area contributed by atoms with E-state index in [2.05, 4.69) is 0 Å².